The van der Waals surface area contributed by atoms with Gasteiger partial charge in [-0.1, -0.05) is 30.3 Å². The quantitative estimate of drug-likeness (QED) is 0.712. The van der Waals surface area contributed by atoms with Gasteiger partial charge in [0.1, 0.15) is 0 Å². The van der Waals surface area contributed by atoms with Crippen molar-refractivity contribution >= 4 is 11.6 Å². The predicted molar refractivity (Wildman–Crippen MR) is 119 cm³/mol. The van der Waals surface area contributed by atoms with Crippen LogP contribution in [-0.2, 0) is 11.3 Å². The molecule has 2 fully saturated rings. The number of nitrogens with zero attached hydrogens (tertiary/aromatic N) is 3. The Morgan fingerprint density at radius 2 is 1.61 bits per heavy atom. The average Bonchev–Trinajstić information content (AvgIpc) is 2.81. The summed E-state index contributed by atoms with van der Waals surface area (Å²) < 4.78 is 26.7. The first kappa shape index (κ1) is 21.8. The smallest absolute Gasteiger partial charge is 0.225 e. The van der Waals surface area contributed by atoms with Gasteiger partial charge in [0.25, 0.3) is 0 Å². The molecule has 2 aliphatic rings. The molecular weight excluding hydrogens is 396 g/mol. The van der Waals surface area contributed by atoms with Crippen molar-refractivity contribution in [2.24, 2.45) is 5.92 Å². The summed E-state index contributed by atoms with van der Waals surface area (Å²) >= 11 is 0. The van der Waals surface area contributed by atoms with Crippen molar-refractivity contribution < 1.29 is 13.6 Å². The maximum atomic E-state index is 13.5. The van der Waals surface area contributed by atoms with Crippen molar-refractivity contribution in [1.82, 2.24) is 9.80 Å². The molecule has 0 radical (unpaired) electrons. The molecule has 0 aromatic heterocycles. The molecule has 1 amide bonds. The number of carbonyl (C=O) groups is 1. The molecule has 31 heavy (non-hydrogen) atoms. The number of piperidine rings is 2. The summed E-state index contributed by atoms with van der Waals surface area (Å²) in [7, 11) is 1.90. The first-order valence-corrected chi connectivity index (χ1v) is 11.2. The van der Waals surface area contributed by atoms with Gasteiger partial charge < -0.3 is 14.7 Å². The molecule has 0 N–H and O–H groups in total. The summed E-state index contributed by atoms with van der Waals surface area (Å²) in [6.07, 6.45) is 3.82. The lowest BCUT2D eigenvalue weighted by atomic mass is 9.92. The third-order valence-electron chi connectivity index (χ3n) is 6.77. The van der Waals surface area contributed by atoms with E-state index in [2.05, 4.69) is 21.9 Å². The van der Waals surface area contributed by atoms with Gasteiger partial charge >= 0.3 is 0 Å². The molecule has 0 bridgehead atoms. The lowest BCUT2D eigenvalue weighted by molar-refractivity contribution is -0.136. The summed E-state index contributed by atoms with van der Waals surface area (Å²) in [4.78, 5) is 19.4. The van der Waals surface area contributed by atoms with E-state index in [-0.39, 0.29) is 11.8 Å². The van der Waals surface area contributed by atoms with Gasteiger partial charge in [0.15, 0.2) is 11.6 Å². The van der Waals surface area contributed by atoms with Crippen molar-refractivity contribution in [3.05, 3.63) is 65.7 Å². The normalized spacial score (nSPS) is 18.9. The molecule has 166 valence electrons. The Kier molecular flexibility index (Phi) is 6.86. The van der Waals surface area contributed by atoms with Crippen LogP contribution in [0.2, 0.25) is 0 Å². The minimum absolute atomic E-state index is 0.104. The van der Waals surface area contributed by atoms with E-state index in [1.807, 2.05) is 30.1 Å². The molecule has 2 saturated heterocycles. The van der Waals surface area contributed by atoms with Crippen LogP contribution in [0.5, 0.6) is 0 Å². The van der Waals surface area contributed by atoms with Crippen molar-refractivity contribution in [2.75, 3.05) is 38.1 Å². The number of likely N-dealkylation sites (tertiary alicyclic amines) is 1. The van der Waals surface area contributed by atoms with Gasteiger partial charge in [0.2, 0.25) is 5.91 Å². The number of benzene rings is 2. The van der Waals surface area contributed by atoms with Crippen molar-refractivity contribution in [3.8, 4) is 0 Å². The molecule has 0 spiro atoms. The number of rotatable bonds is 5. The average molecular weight is 428 g/mol. The molecule has 2 heterocycles. The highest BCUT2D eigenvalue weighted by Crippen LogP contribution is 2.28. The number of carbonyl (C=O) groups excluding carboxylic acids is 1. The van der Waals surface area contributed by atoms with Crippen LogP contribution in [0, 0.1) is 17.6 Å². The third-order valence-corrected chi connectivity index (χ3v) is 6.77. The van der Waals surface area contributed by atoms with E-state index in [1.54, 1.807) is 6.07 Å². The van der Waals surface area contributed by atoms with Gasteiger partial charge in [0, 0.05) is 50.4 Å². The summed E-state index contributed by atoms with van der Waals surface area (Å²) in [5.74, 6) is -1.24. The van der Waals surface area contributed by atoms with E-state index in [0.29, 0.717) is 12.6 Å². The van der Waals surface area contributed by atoms with Crippen LogP contribution < -0.4 is 4.90 Å². The Balaban J connectivity index is 1.24. The summed E-state index contributed by atoms with van der Waals surface area (Å²) in [6.45, 7) is 4.24. The largest absolute Gasteiger partial charge is 0.371 e. The molecule has 0 unspecified atom stereocenters. The SMILES string of the molecule is CN(Cc1ccccc1)C(=O)C1CCN(C2CCN(c3ccc(F)c(F)c3)CC2)CC1. The van der Waals surface area contributed by atoms with Crippen LogP contribution in [0.3, 0.4) is 0 Å². The van der Waals surface area contributed by atoms with Crippen molar-refractivity contribution in [2.45, 2.75) is 38.3 Å². The Labute approximate surface area is 183 Å². The van der Waals surface area contributed by atoms with E-state index in [4.69, 9.17) is 0 Å². The number of anilines is 1. The fourth-order valence-corrected chi connectivity index (χ4v) is 4.93. The van der Waals surface area contributed by atoms with Gasteiger partial charge in [-0.2, -0.15) is 0 Å². The lowest BCUT2D eigenvalue weighted by Crippen LogP contribution is -2.49. The van der Waals surface area contributed by atoms with Crippen LogP contribution >= 0.6 is 0 Å². The molecule has 6 heteroatoms. The minimum Gasteiger partial charge on any atom is -0.371 e. The van der Waals surface area contributed by atoms with E-state index < -0.39 is 11.6 Å². The standard InChI is InChI=1S/C25H31F2N3O/c1-28(18-19-5-3-2-4-6-19)25(31)20-9-13-29(14-10-20)21-11-15-30(16-12-21)22-7-8-23(26)24(27)17-22/h2-8,17,20-21H,9-16,18H2,1H3. The lowest BCUT2D eigenvalue weighted by Gasteiger charge is -2.42. The fourth-order valence-electron chi connectivity index (χ4n) is 4.93. The van der Waals surface area contributed by atoms with Gasteiger partial charge in [-0.3, -0.25) is 4.79 Å². The van der Waals surface area contributed by atoms with Crippen LogP contribution in [-0.4, -0.2) is 55.0 Å². The van der Waals surface area contributed by atoms with E-state index in [1.165, 1.54) is 12.1 Å². The molecule has 0 aliphatic carbocycles. The highest BCUT2D eigenvalue weighted by molar-refractivity contribution is 5.78. The van der Waals surface area contributed by atoms with Gasteiger partial charge in [0.05, 0.1) is 0 Å². The molecule has 0 saturated carbocycles. The number of amides is 1. The summed E-state index contributed by atoms with van der Waals surface area (Å²) in [5.41, 5.74) is 1.91. The molecule has 4 nitrogen and oxygen atoms in total. The Bertz CT molecular complexity index is 876. The minimum atomic E-state index is -0.800. The maximum Gasteiger partial charge on any atom is 0.225 e. The van der Waals surface area contributed by atoms with Crippen LogP contribution in [0.1, 0.15) is 31.2 Å². The Morgan fingerprint density at radius 3 is 2.26 bits per heavy atom. The van der Waals surface area contributed by atoms with Gasteiger partial charge in [-0.05, 0) is 56.5 Å². The zero-order valence-corrected chi connectivity index (χ0v) is 18.1. The van der Waals surface area contributed by atoms with Crippen LogP contribution in [0.15, 0.2) is 48.5 Å². The zero-order valence-electron chi connectivity index (χ0n) is 18.1. The second kappa shape index (κ2) is 9.77. The highest BCUT2D eigenvalue weighted by Gasteiger charge is 2.32. The highest BCUT2D eigenvalue weighted by atomic mass is 19.2. The first-order valence-electron chi connectivity index (χ1n) is 11.2. The molecule has 2 aromatic carbocycles. The second-order valence-corrected chi connectivity index (χ2v) is 8.81. The second-order valence-electron chi connectivity index (χ2n) is 8.81. The van der Waals surface area contributed by atoms with Crippen molar-refractivity contribution in [1.29, 1.82) is 0 Å². The van der Waals surface area contributed by atoms with Crippen molar-refractivity contribution in [3.63, 3.8) is 0 Å². The number of hydrogen-bond donors (Lipinski definition) is 0. The van der Waals surface area contributed by atoms with E-state index >= 15 is 0 Å². The topological polar surface area (TPSA) is 26.8 Å². The summed E-state index contributed by atoms with van der Waals surface area (Å²) in [6, 6.07) is 14.8. The monoisotopic (exact) mass is 427 g/mol. The molecule has 2 aromatic rings. The Morgan fingerprint density at radius 1 is 0.935 bits per heavy atom. The number of halogens is 2. The predicted octanol–water partition coefficient (Wildman–Crippen LogP) is 4.30. The molecular formula is C25H31F2N3O. The Hall–Kier alpha value is -2.47. The van der Waals surface area contributed by atoms with Gasteiger partial charge in [-0.25, -0.2) is 8.78 Å². The van der Waals surface area contributed by atoms with Crippen LogP contribution in [0.4, 0.5) is 14.5 Å². The summed E-state index contributed by atoms with van der Waals surface area (Å²) in [5, 5.41) is 0. The van der Waals surface area contributed by atoms with E-state index in [9.17, 15) is 13.6 Å². The van der Waals surface area contributed by atoms with Crippen LogP contribution in [0.25, 0.3) is 0 Å². The number of hydrogen-bond acceptors (Lipinski definition) is 3. The zero-order chi connectivity index (χ0) is 21.8. The third kappa shape index (κ3) is 5.24. The molecule has 2 aliphatic heterocycles. The fraction of sp³-hybridized carbons (Fsp3) is 0.480. The van der Waals surface area contributed by atoms with Gasteiger partial charge in [-0.15, -0.1) is 0 Å². The molecule has 0 atom stereocenters. The van der Waals surface area contributed by atoms with E-state index in [0.717, 1.165) is 63.1 Å². The maximum absolute atomic E-state index is 13.5. The molecule has 4 rings (SSSR count). The first-order chi connectivity index (χ1) is 15.0.